The lowest BCUT2D eigenvalue weighted by Crippen LogP contribution is -2.34. The highest BCUT2D eigenvalue weighted by atomic mass is 35.5. The van der Waals surface area contributed by atoms with E-state index in [1.54, 1.807) is 12.1 Å². The lowest BCUT2D eigenvalue weighted by Gasteiger charge is -2.32. The van der Waals surface area contributed by atoms with Crippen molar-refractivity contribution >= 4 is 29.2 Å². The van der Waals surface area contributed by atoms with Gasteiger partial charge in [-0.2, -0.15) is 0 Å². The quantitative estimate of drug-likeness (QED) is 0.396. The number of anilines is 1. The van der Waals surface area contributed by atoms with Crippen LogP contribution in [0.15, 0.2) is 42.5 Å². The second-order valence-electron chi connectivity index (χ2n) is 8.19. The number of likely N-dealkylation sites (N-methyl/N-ethyl adjacent to an activating group) is 1. The van der Waals surface area contributed by atoms with E-state index < -0.39 is 5.92 Å². The molecule has 0 saturated carbocycles. The molecular formula is C26H33ClN2O3. The van der Waals surface area contributed by atoms with Crippen LogP contribution in [0.4, 0.5) is 5.69 Å². The van der Waals surface area contributed by atoms with Gasteiger partial charge >= 0.3 is 5.97 Å². The summed E-state index contributed by atoms with van der Waals surface area (Å²) in [5.41, 5.74) is 3.25. The summed E-state index contributed by atoms with van der Waals surface area (Å²) in [6.07, 6.45) is 5.33. The fraction of sp³-hybridized carbons (Fsp3) is 0.462. The van der Waals surface area contributed by atoms with Crippen LogP contribution in [0.2, 0.25) is 5.02 Å². The van der Waals surface area contributed by atoms with E-state index >= 15 is 0 Å². The second-order valence-corrected chi connectivity index (χ2v) is 8.63. The molecule has 1 aliphatic rings. The third kappa shape index (κ3) is 6.04. The van der Waals surface area contributed by atoms with Gasteiger partial charge in [-0.15, -0.1) is 0 Å². The molecule has 172 valence electrons. The molecule has 1 saturated heterocycles. The van der Waals surface area contributed by atoms with E-state index in [1.807, 2.05) is 37.3 Å². The van der Waals surface area contributed by atoms with E-state index in [4.69, 9.17) is 16.3 Å². The number of piperidine rings is 1. The predicted octanol–water partition coefficient (Wildman–Crippen LogP) is 5.56. The number of hydrogen-bond donors (Lipinski definition) is 1. The summed E-state index contributed by atoms with van der Waals surface area (Å²) < 4.78 is 5.31. The van der Waals surface area contributed by atoms with Crippen LogP contribution < -0.4 is 10.2 Å². The lowest BCUT2D eigenvalue weighted by molar-refractivity contribution is -0.121. The molecule has 5 nitrogen and oxygen atoms in total. The topological polar surface area (TPSA) is 58.6 Å². The minimum Gasteiger partial charge on any atom is -0.462 e. The average molecular weight is 457 g/mol. The summed E-state index contributed by atoms with van der Waals surface area (Å²) in [5, 5.41) is 3.57. The standard InChI is InChI=1S/C26H33ClN2O3/c1-3-5-17-32-26(31)20-11-9-19(10-12-20)24(25(30)28-4-2)22-18-21(27)13-14-23(22)29-15-7-6-8-16-29/h9-14,18,24H,3-8,15-17H2,1-2H3,(H,28,30). The van der Waals surface area contributed by atoms with Crippen LogP contribution in [0.25, 0.3) is 0 Å². The van der Waals surface area contributed by atoms with Gasteiger partial charge in [0.05, 0.1) is 18.1 Å². The van der Waals surface area contributed by atoms with E-state index in [-0.39, 0.29) is 11.9 Å². The largest absolute Gasteiger partial charge is 0.462 e. The van der Waals surface area contributed by atoms with Crippen molar-refractivity contribution in [2.75, 3.05) is 31.1 Å². The molecule has 32 heavy (non-hydrogen) atoms. The first-order valence-corrected chi connectivity index (χ1v) is 12.0. The van der Waals surface area contributed by atoms with Gasteiger partial charge in [0.25, 0.3) is 0 Å². The molecule has 1 fully saturated rings. The minimum absolute atomic E-state index is 0.0775. The zero-order chi connectivity index (χ0) is 22.9. The van der Waals surface area contributed by atoms with Crippen molar-refractivity contribution in [2.24, 2.45) is 0 Å². The van der Waals surface area contributed by atoms with Gasteiger partial charge in [0, 0.05) is 30.3 Å². The van der Waals surface area contributed by atoms with Crippen LogP contribution in [-0.2, 0) is 9.53 Å². The third-order valence-electron chi connectivity index (χ3n) is 5.82. The summed E-state index contributed by atoms with van der Waals surface area (Å²) in [5.74, 6) is -0.932. The van der Waals surface area contributed by atoms with Crippen LogP contribution in [-0.4, -0.2) is 38.1 Å². The maximum atomic E-state index is 13.2. The number of nitrogens with one attached hydrogen (secondary N) is 1. The van der Waals surface area contributed by atoms with Crippen molar-refractivity contribution in [1.82, 2.24) is 5.32 Å². The maximum absolute atomic E-state index is 13.2. The van der Waals surface area contributed by atoms with E-state index in [0.717, 1.165) is 55.6 Å². The van der Waals surface area contributed by atoms with Crippen LogP contribution in [0.1, 0.15) is 73.4 Å². The second kappa shape index (κ2) is 11.9. The molecule has 6 heteroatoms. The first kappa shape index (κ1) is 24.1. The number of nitrogens with zero attached hydrogens (tertiary/aromatic N) is 1. The van der Waals surface area contributed by atoms with E-state index in [1.165, 1.54) is 6.42 Å². The van der Waals surface area contributed by atoms with Gasteiger partial charge < -0.3 is 15.0 Å². The monoisotopic (exact) mass is 456 g/mol. The molecule has 1 aliphatic heterocycles. The molecule has 3 rings (SSSR count). The van der Waals surface area contributed by atoms with E-state index in [9.17, 15) is 9.59 Å². The average Bonchev–Trinajstić information content (AvgIpc) is 2.81. The first-order chi connectivity index (χ1) is 15.5. The molecule has 0 bridgehead atoms. The van der Waals surface area contributed by atoms with Gasteiger partial charge in [-0.1, -0.05) is 37.1 Å². The van der Waals surface area contributed by atoms with Crippen LogP contribution in [0.3, 0.4) is 0 Å². The van der Waals surface area contributed by atoms with Crippen LogP contribution >= 0.6 is 11.6 Å². The molecule has 0 radical (unpaired) electrons. The Balaban J connectivity index is 1.95. The van der Waals surface area contributed by atoms with Gasteiger partial charge in [-0.25, -0.2) is 4.79 Å². The van der Waals surface area contributed by atoms with Gasteiger partial charge in [0.2, 0.25) is 5.91 Å². The molecule has 2 aromatic carbocycles. The number of hydrogen-bond acceptors (Lipinski definition) is 4. The number of carbonyl (C=O) groups is 2. The highest BCUT2D eigenvalue weighted by molar-refractivity contribution is 6.30. The fourth-order valence-corrected chi connectivity index (χ4v) is 4.31. The van der Waals surface area contributed by atoms with Crippen molar-refractivity contribution < 1.29 is 14.3 Å². The van der Waals surface area contributed by atoms with Gasteiger partial charge in [0.15, 0.2) is 0 Å². The molecule has 0 spiro atoms. The Kier molecular flexibility index (Phi) is 8.98. The fourth-order valence-electron chi connectivity index (χ4n) is 4.13. The van der Waals surface area contributed by atoms with E-state index in [0.29, 0.717) is 23.7 Å². The van der Waals surface area contributed by atoms with Gasteiger partial charge in [-0.3, -0.25) is 4.79 Å². The Morgan fingerprint density at radius 1 is 1.06 bits per heavy atom. The molecular weight excluding hydrogens is 424 g/mol. The van der Waals surface area contributed by atoms with Crippen molar-refractivity contribution in [3.05, 3.63) is 64.2 Å². The van der Waals surface area contributed by atoms with Crippen LogP contribution in [0.5, 0.6) is 0 Å². The molecule has 2 aromatic rings. The summed E-state index contributed by atoms with van der Waals surface area (Å²) >= 11 is 6.38. The minimum atomic E-state index is -0.518. The molecule has 1 atom stereocenters. The number of ether oxygens (including phenoxy) is 1. The van der Waals surface area contributed by atoms with Gasteiger partial charge in [-0.05, 0) is 74.1 Å². The molecule has 0 aromatic heterocycles. The number of esters is 1. The van der Waals surface area contributed by atoms with Crippen LogP contribution in [0, 0.1) is 0 Å². The zero-order valence-corrected chi connectivity index (χ0v) is 19.8. The first-order valence-electron chi connectivity index (χ1n) is 11.6. The number of benzene rings is 2. The summed E-state index contributed by atoms with van der Waals surface area (Å²) in [6.45, 7) is 6.86. The molecule has 1 amide bonds. The summed E-state index contributed by atoms with van der Waals surface area (Å²) in [4.78, 5) is 27.9. The lowest BCUT2D eigenvalue weighted by atomic mass is 9.88. The number of rotatable bonds is 9. The Morgan fingerprint density at radius 3 is 2.44 bits per heavy atom. The third-order valence-corrected chi connectivity index (χ3v) is 6.06. The Bertz CT molecular complexity index is 908. The van der Waals surface area contributed by atoms with Crippen molar-refractivity contribution in [3.63, 3.8) is 0 Å². The molecule has 1 N–H and O–H groups in total. The summed E-state index contributed by atoms with van der Waals surface area (Å²) in [7, 11) is 0. The molecule has 0 aliphatic carbocycles. The predicted molar refractivity (Wildman–Crippen MR) is 130 cm³/mol. The Labute approximate surface area is 196 Å². The van der Waals surface area contributed by atoms with E-state index in [2.05, 4.69) is 17.1 Å². The number of carbonyl (C=O) groups excluding carboxylic acids is 2. The van der Waals surface area contributed by atoms with Gasteiger partial charge in [0.1, 0.15) is 0 Å². The SMILES string of the molecule is CCCCOC(=O)c1ccc(C(C(=O)NCC)c2cc(Cl)ccc2N2CCCCC2)cc1. The normalized spacial score (nSPS) is 14.7. The molecule has 1 unspecified atom stereocenters. The number of amides is 1. The maximum Gasteiger partial charge on any atom is 0.338 e. The van der Waals surface area contributed by atoms with Crippen molar-refractivity contribution in [1.29, 1.82) is 0 Å². The molecule has 1 heterocycles. The smallest absolute Gasteiger partial charge is 0.338 e. The zero-order valence-electron chi connectivity index (χ0n) is 19.0. The van der Waals surface area contributed by atoms with Crippen molar-refractivity contribution in [2.45, 2.75) is 51.9 Å². The number of unbranched alkanes of at least 4 members (excludes halogenated alkanes) is 1. The van der Waals surface area contributed by atoms with Crippen molar-refractivity contribution in [3.8, 4) is 0 Å². The number of halogens is 1. The highest BCUT2D eigenvalue weighted by Gasteiger charge is 2.28. The highest BCUT2D eigenvalue weighted by Crippen LogP contribution is 2.36. The Hall–Kier alpha value is -2.53. The Morgan fingerprint density at radius 2 is 1.78 bits per heavy atom. The summed E-state index contributed by atoms with van der Waals surface area (Å²) in [6, 6.07) is 13.0.